The van der Waals surface area contributed by atoms with Crippen LogP contribution in [0.2, 0.25) is 0 Å². The van der Waals surface area contributed by atoms with Crippen LogP contribution >= 0.6 is 23.1 Å². The molecule has 0 radical (unpaired) electrons. The summed E-state index contributed by atoms with van der Waals surface area (Å²) in [6, 6.07) is 0.423. The maximum atomic E-state index is 12.8. The third-order valence-electron chi connectivity index (χ3n) is 5.05. The van der Waals surface area contributed by atoms with E-state index < -0.39 is 0 Å². The quantitative estimate of drug-likeness (QED) is 0.475. The van der Waals surface area contributed by atoms with Gasteiger partial charge in [-0.3, -0.25) is 4.79 Å². The van der Waals surface area contributed by atoms with Crippen molar-refractivity contribution < 1.29 is 4.79 Å². The molecule has 0 N–H and O–H groups in total. The van der Waals surface area contributed by atoms with E-state index in [1.165, 1.54) is 28.7 Å². The van der Waals surface area contributed by atoms with Gasteiger partial charge in [0.05, 0.1) is 5.75 Å². The smallest absolute Gasteiger partial charge is 0.233 e. The van der Waals surface area contributed by atoms with Crippen LogP contribution in [-0.4, -0.2) is 38.6 Å². The summed E-state index contributed by atoms with van der Waals surface area (Å²) in [7, 11) is 0. The largest absolute Gasteiger partial charge is 0.337 e. The molecule has 0 atom stereocenters. The first-order valence-electron chi connectivity index (χ1n) is 10.1. The van der Waals surface area contributed by atoms with E-state index in [4.69, 9.17) is 9.97 Å². The predicted octanol–water partition coefficient (Wildman–Crippen LogP) is 5.43. The Morgan fingerprint density at radius 1 is 1.07 bits per heavy atom. The molecule has 0 saturated heterocycles. The molecule has 1 amide bonds. The Morgan fingerprint density at radius 2 is 1.74 bits per heavy atom. The number of hydrogen-bond donors (Lipinski definition) is 0. The van der Waals surface area contributed by atoms with Gasteiger partial charge in [-0.1, -0.05) is 25.6 Å². The first kappa shape index (κ1) is 20.6. The molecule has 0 unspecified atom stereocenters. The van der Waals surface area contributed by atoms with Crippen LogP contribution in [0.1, 0.15) is 76.6 Å². The van der Waals surface area contributed by atoms with Crippen molar-refractivity contribution in [3.8, 4) is 0 Å². The number of amides is 1. The van der Waals surface area contributed by atoms with Gasteiger partial charge in [-0.2, -0.15) is 0 Å². The van der Waals surface area contributed by atoms with Gasteiger partial charge < -0.3 is 4.90 Å². The SMILES string of the molecule is CC(C)c1nc(SCC(=O)N(C(C)C)C(C)C)c2c3c(sc2n1)CCCC3. The summed E-state index contributed by atoms with van der Waals surface area (Å²) in [6.07, 6.45) is 4.78. The molecule has 2 aromatic heterocycles. The van der Waals surface area contributed by atoms with Crippen LogP contribution < -0.4 is 0 Å². The van der Waals surface area contributed by atoms with Gasteiger partial charge in [-0.05, 0) is 58.9 Å². The van der Waals surface area contributed by atoms with Crippen molar-refractivity contribution in [2.75, 3.05) is 5.75 Å². The van der Waals surface area contributed by atoms with Crippen molar-refractivity contribution in [3.63, 3.8) is 0 Å². The first-order valence-corrected chi connectivity index (χ1v) is 11.9. The van der Waals surface area contributed by atoms with E-state index in [1.54, 1.807) is 11.8 Å². The van der Waals surface area contributed by atoms with Crippen LogP contribution in [0.3, 0.4) is 0 Å². The van der Waals surface area contributed by atoms with Crippen molar-refractivity contribution in [2.45, 2.75) is 90.3 Å². The van der Waals surface area contributed by atoms with Gasteiger partial charge in [0.25, 0.3) is 0 Å². The number of aromatic nitrogens is 2. The van der Waals surface area contributed by atoms with Crippen molar-refractivity contribution in [2.24, 2.45) is 0 Å². The van der Waals surface area contributed by atoms with Crippen LogP contribution in [0.4, 0.5) is 0 Å². The molecule has 0 aromatic carbocycles. The standard InChI is InChI=1S/C21H31N3OS2/c1-12(2)19-22-20(26-11-17(25)24(13(3)4)14(5)6)18-15-9-7-8-10-16(15)27-21(18)23-19/h12-14H,7-11H2,1-6H3. The topological polar surface area (TPSA) is 46.1 Å². The van der Waals surface area contributed by atoms with E-state index in [9.17, 15) is 4.79 Å². The maximum absolute atomic E-state index is 12.8. The number of aryl methyl sites for hydroxylation is 2. The zero-order chi connectivity index (χ0) is 19.7. The van der Waals surface area contributed by atoms with Crippen LogP contribution in [-0.2, 0) is 17.6 Å². The van der Waals surface area contributed by atoms with Crippen molar-refractivity contribution in [3.05, 3.63) is 16.3 Å². The van der Waals surface area contributed by atoms with Gasteiger partial charge in [0.2, 0.25) is 5.91 Å². The number of fused-ring (bicyclic) bond motifs is 3. The van der Waals surface area contributed by atoms with Gasteiger partial charge in [0.1, 0.15) is 15.7 Å². The Hall–Kier alpha value is -1.14. The summed E-state index contributed by atoms with van der Waals surface area (Å²) in [5.41, 5.74) is 1.44. The molecular weight excluding hydrogens is 374 g/mol. The highest BCUT2D eigenvalue weighted by Gasteiger charge is 2.24. The van der Waals surface area contributed by atoms with E-state index in [0.717, 1.165) is 28.5 Å². The molecular formula is C21H31N3OS2. The van der Waals surface area contributed by atoms with Crippen molar-refractivity contribution in [1.82, 2.24) is 14.9 Å². The molecule has 2 heterocycles. The van der Waals surface area contributed by atoms with Crippen LogP contribution in [0, 0.1) is 0 Å². The Kier molecular flexibility index (Phi) is 6.46. The number of thioether (sulfide) groups is 1. The molecule has 2 aromatic rings. The molecule has 3 rings (SSSR count). The Morgan fingerprint density at radius 3 is 2.37 bits per heavy atom. The number of thiophene rings is 1. The average molecular weight is 406 g/mol. The maximum Gasteiger partial charge on any atom is 0.233 e. The zero-order valence-corrected chi connectivity index (χ0v) is 19.0. The molecule has 27 heavy (non-hydrogen) atoms. The van der Waals surface area contributed by atoms with E-state index >= 15 is 0 Å². The predicted molar refractivity (Wildman–Crippen MR) is 116 cm³/mol. The van der Waals surface area contributed by atoms with Crippen LogP contribution in [0.5, 0.6) is 0 Å². The number of carbonyl (C=O) groups is 1. The lowest BCUT2D eigenvalue weighted by Gasteiger charge is -2.30. The number of nitrogens with zero attached hydrogens (tertiary/aromatic N) is 3. The van der Waals surface area contributed by atoms with Gasteiger partial charge in [-0.25, -0.2) is 9.97 Å². The molecule has 148 valence electrons. The normalized spacial score (nSPS) is 14.4. The fraction of sp³-hybridized carbons (Fsp3) is 0.667. The van der Waals surface area contributed by atoms with E-state index in [2.05, 4.69) is 41.5 Å². The lowest BCUT2D eigenvalue weighted by molar-refractivity contribution is -0.131. The third-order valence-corrected chi connectivity index (χ3v) is 7.19. The highest BCUT2D eigenvalue weighted by atomic mass is 32.2. The summed E-state index contributed by atoms with van der Waals surface area (Å²) in [5.74, 6) is 1.80. The van der Waals surface area contributed by atoms with Gasteiger partial charge in [0.15, 0.2) is 0 Å². The van der Waals surface area contributed by atoms with E-state index in [-0.39, 0.29) is 23.9 Å². The van der Waals surface area contributed by atoms with Crippen molar-refractivity contribution >= 4 is 39.2 Å². The lowest BCUT2D eigenvalue weighted by atomic mass is 9.97. The Balaban J connectivity index is 1.95. The van der Waals surface area contributed by atoms with Crippen LogP contribution in [0.15, 0.2) is 5.03 Å². The Bertz CT molecular complexity index is 818. The molecule has 1 aliphatic rings. The van der Waals surface area contributed by atoms with Crippen LogP contribution in [0.25, 0.3) is 10.2 Å². The van der Waals surface area contributed by atoms with Gasteiger partial charge in [-0.15, -0.1) is 11.3 Å². The second-order valence-corrected chi connectivity index (χ2v) is 10.3. The fourth-order valence-corrected chi connectivity index (χ4v) is 6.14. The third kappa shape index (κ3) is 4.32. The van der Waals surface area contributed by atoms with Gasteiger partial charge >= 0.3 is 0 Å². The highest BCUT2D eigenvalue weighted by molar-refractivity contribution is 8.00. The monoisotopic (exact) mass is 405 g/mol. The summed E-state index contributed by atoms with van der Waals surface area (Å²) >= 11 is 3.43. The summed E-state index contributed by atoms with van der Waals surface area (Å²) in [4.78, 5) is 27.2. The lowest BCUT2D eigenvalue weighted by Crippen LogP contribution is -2.43. The minimum atomic E-state index is 0.187. The average Bonchev–Trinajstić information content (AvgIpc) is 2.97. The molecule has 4 nitrogen and oxygen atoms in total. The number of rotatable bonds is 6. The van der Waals surface area contributed by atoms with E-state index in [1.807, 2.05) is 16.2 Å². The molecule has 0 saturated carbocycles. The minimum absolute atomic E-state index is 0.187. The first-order chi connectivity index (χ1) is 12.8. The van der Waals surface area contributed by atoms with E-state index in [0.29, 0.717) is 5.75 Å². The van der Waals surface area contributed by atoms with Crippen molar-refractivity contribution in [1.29, 1.82) is 0 Å². The fourth-order valence-electron chi connectivity index (χ4n) is 3.88. The summed E-state index contributed by atoms with van der Waals surface area (Å²) in [6.45, 7) is 12.6. The molecule has 0 bridgehead atoms. The van der Waals surface area contributed by atoms with Gasteiger partial charge in [0, 0.05) is 28.3 Å². The second-order valence-electron chi connectivity index (χ2n) is 8.21. The molecule has 0 fully saturated rings. The minimum Gasteiger partial charge on any atom is -0.337 e. The Labute approximate surface area is 171 Å². The molecule has 0 spiro atoms. The molecule has 6 heteroatoms. The summed E-state index contributed by atoms with van der Waals surface area (Å²) < 4.78 is 0. The number of hydrogen-bond acceptors (Lipinski definition) is 5. The number of carbonyl (C=O) groups excluding carboxylic acids is 1. The second kappa shape index (κ2) is 8.48. The zero-order valence-electron chi connectivity index (χ0n) is 17.3. The highest BCUT2D eigenvalue weighted by Crippen LogP contribution is 2.40. The molecule has 0 aliphatic heterocycles. The summed E-state index contributed by atoms with van der Waals surface area (Å²) in [5, 5.41) is 2.22. The molecule has 1 aliphatic carbocycles.